The van der Waals surface area contributed by atoms with E-state index in [0.717, 1.165) is 16.4 Å². The van der Waals surface area contributed by atoms with Crippen molar-refractivity contribution in [2.75, 3.05) is 18.9 Å². The highest BCUT2D eigenvalue weighted by molar-refractivity contribution is 7.52. The van der Waals surface area contributed by atoms with E-state index in [2.05, 4.69) is 10.1 Å². The zero-order chi connectivity index (χ0) is 31.4. The zero-order valence-corrected chi connectivity index (χ0v) is 26.8. The second kappa shape index (κ2) is 13.4. The number of benzene rings is 2. The van der Waals surface area contributed by atoms with Crippen LogP contribution in [-0.4, -0.2) is 45.4 Å². The maximum atomic E-state index is 14.3. The molecule has 0 aliphatic rings. The van der Waals surface area contributed by atoms with Crippen molar-refractivity contribution in [3.05, 3.63) is 60.4 Å². The van der Waals surface area contributed by atoms with Gasteiger partial charge in [0.1, 0.15) is 35.3 Å². The Balaban J connectivity index is 1.75. The number of hydrogen-bond acceptors (Lipinski definition) is 9. The lowest BCUT2D eigenvalue weighted by Crippen LogP contribution is -2.39. The highest BCUT2D eigenvalue weighted by Gasteiger charge is 2.36. The Kier molecular flexibility index (Phi) is 10.1. The Morgan fingerprint density at radius 3 is 2.37 bits per heavy atom. The molecule has 3 N–H and O–H groups in total. The first-order chi connectivity index (χ1) is 20.3. The van der Waals surface area contributed by atoms with Gasteiger partial charge in [-0.3, -0.25) is 9.32 Å². The van der Waals surface area contributed by atoms with Crippen LogP contribution in [0.25, 0.3) is 21.9 Å². The van der Waals surface area contributed by atoms with Gasteiger partial charge >= 0.3 is 13.7 Å². The van der Waals surface area contributed by atoms with E-state index in [1.54, 1.807) is 52.0 Å². The van der Waals surface area contributed by atoms with Crippen LogP contribution in [0.1, 0.15) is 60.3 Å². The van der Waals surface area contributed by atoms with Crippen LogP contribution in [0.15, 0.2) is 54.6 Å². The number of pyridine rings is 1. The van der Waals surface area contributed by atoms with Crippen LogP contribution in [0.3, 0.4) is 0 Å². The van der Waals surface area contributed by atoms with E-state index in [4.69, 9.17) is 29.2 Å². The summed E-state index contributed by atoms with van der Waals surface area (Å²) >= 11 is 0. The Hall–Kier alpha value is -3.50. The predicted molar refractivity (Wildman–Crippen MR) is 168 cm³/mol. The minimum absolute atomic E-state index is 0.0145. The normalized spacial score (nSPS) is 15.0. The van der Waals surface area contributed by atoms with E-state index in [1.807, 2.05) is 55.7 Å². The molecule has 0 bridgehead atoms. The molecule has 0 spiro atoms. The largest absolute Gasteiger partial charge is 0.459 e. The number of carbonyl (C=O) groups is 1. The van der Waals surface area contributed by atoms with Crippen molar-refractivity contribution in [3.8, 4) is 5.75 Å². The summed E-state index contributed by atoms with van der Waals surface area (Å²) in [6, 6.07) is 15.0. The van der Waals surface area contributed by atoms with E-state index in [0.29, 0.717) is 29.5 Å². The number of para-hydroxylation sites is 2. The fourth-order valence-corrected chi connectivity index (χ4v) is 6.16. The molecule has 43 heavy (non-hydrogen) atoms. The molecule has 4 rings (SSSR count). The number of ether oxygens (including phenoxy) is 2. The number of rotatable bonds is 13. The van der Waals surface area contributed by atoms with E-state index in [1.165, 1.54) is 0 Å². The van der Waals surface area contributed by atoms with Crippen LogP contribution in [0.2, 0.25) is 0 Å². The maximum Gasteiger partial charge on any atom is 0.459 e. The molecule has 1 unspecified atom stereocenters. The molecule has 4 aromatic rings. The van der Waals surface area contributed by atoms with Gasteiger partial charge in [-0.1, -0.05) is 50.2 Å². The number of nitrogens with one attached hydrogen (secondary N) is 1. The summed E-state index contributed by atoms with van der Waals surface area (Å²) in [5, 5.41) is 3.65. The predicted octanol–water partition coefficient (Wildman–Crippen LogP) is 6.42. The minimum Gasteiger partial charge on any atom is -0.459 e. The number of aromatic nitrogens is 3. The molecule has 0 aliphatic heterocycles. The molecule has 0 radical (unpaired) electrons. The van der Waals surface area contributed by atoms with Crippen LogP contribution < -0.4 is 15.3 Å². The summed E-state index contributed by atoms with van der Waals surface area (Å²) in [5.41, 5.74) is 7.73. The van der Waals surface area contributed by atoms with Gasteiger partial charge in [-0.2, -0.15) is 5.09 Å². The molecule has 12 heteroatoms. The minimum atomic E-state index is -4.12. The van der Waals surface area contributed by atoms with Crippen LogP contribution in [0.4, 0.5) is 5.82 Å². The second-order valence-corrected chi connectivity index (χ2v) is 13.3. The summed E-state index contributed by atoms with van der Waals surface area (Å²) in [5.74, 6) is 0.671. The third-order valence-corrected chi connectivity index (χ3v) is 8.30. The van der Waals surface area contributed by atoms with Gasteiger partial charge in [0.2, 0.25) is 0 Å². The summed E-state index contributed by atoms with van der Waals surface area (Å²) in [4.78, 5) is 22.2. The smallest absolute Gasteiger partial charge is 0.459 e. The van der Waals surface area contributed by atoms with E-state index in [9.17, 15) is 9.36 Å². The van der Waals surface area contributed by atoms with Crippen LogP contribution >= 0.6 is 7.75 Å². The standard InChI is InChI=1S/C31H42N5O6P/c1-8-39-19-26-34-27-28(23-16-12-13-17-24(23)33-29(27)32)36(26)25(20(2)3)18-40-43(38,42-22-14-10-9-11-15-22)35-21(4)30(37)41-31(5,6)7/h9-17,20-21,25H,8,18-19H2,1-7H3,(H2,32,33)(H,35,38)/t21-,25-,43?/m0/s1. The van der Waals surface area contributed by atoms with E-state index >= 15 is 0 Å². The number of imidazole rings is 1. The van der Waals surface area contributed by atoms with Gasteiger partial charge in [0.15, 0.2) is 5.82 Å². The zero-order valence-electron chi connectivity index (χ0n) is 25.9. The molecule has 2 aromatic carbocycles. The molecule has 11 nitrogen and oxygen atoms in total. The molecular weight excluding hydrogens is 569 g/mol. The molecule has 3 atom stereocenters. The summed E-state index contributed by atoms with van der Waals surface area (Å²) in [6.07, 6.45) is 0. The van der Waals surface area contributed by atoms with Gasteiger partial charge in [-0.25, -0.2) is 14.5 Å². The van der Waals surface area contributed by atoms with E-state index < -0.39 is 25.4 Å². The lowest BCUT2D eigenvalue weighted by Gasteiger charge is -2.29. The number of carbonyl (C=O) groups excluding carboxylic acids is 1. The van der Waals surface area contributed by atoms with Crippen molar-refractivity contribution in [2.45, 2.75) is 72.8 Å². The van der Waals surface area contributed by atoms with Gasteiger partial charge in [0.05, 0.1) is 23.7 Å². The second-order valence-electron chi connectivity index (χ2n) is 11.6. The van der Waals surface area contributed by atoms with Gasteiger partial charge < -0.3 is 24.3 Å². The summed E-state index contributed by atoms with van der Waals surface area (Å²) < 4.78 is 39.7. The lowest BCUT2D eigenvalue weighted by molar-refractivity contribution is -0.156. The van der Waals surface area contributed by atoms with Crippen molar-refractivity contribution < 1.29 is 27.9 Å². The fourth-order valence-electron chi connectivity index (χ4n) is 4.65. The first kappa shape index (κ1) is 32.4. The number of anilines is 1. The quantitative estimate of drug-likeness (QED) is 0.128. The van der Waals surface area contributed by atoms with Gasteiger partial charge in [0.25, 0.3) is 0 Å². The van der Waals surface area contributed by atoms with Crippen molar-refractivity contribution in [3.63, 3.8) is 0 Å². The molecule has 0 saturated carbocycles. The highest BCUT2D eigenvalue weighted by Crippen LogP contribution is 2.46. The Bertz CT molecular complexity index is 1600. The average Bonchev–Trinajstić information content (AvgIpc) is 3.31. The topological polar surface area (TPSA) is 140 Å². The van der Waals surface area contributed by atoms with Crippen LogP contribution in [-0.2, 0) is 30.0 Å². The third-order valence-electron chi connectivity index (χ3n) is 6.66. The molecule has 2 heterocycles. The number of nitrogens with zero attached hydrogens (tertiary/aromatic N) is 3. The van der Waals surface area contributed by atoms with Crippen LogP contribution in [0, 0.1) is 5.92 Å². The van der Waals surface area contributed by atoms with E-state index in [-0.39, 0.29) is 25.2 Å². The van der Waals surface area contributed by atoms with Gasteiger partial charge in [0, 0.05) is 12.0 Å². The van der Waals surface area contributed by atoms with Crippen LogP contribution in [0.5, 0.6) is 5.75 Å². The Morgan fingerprint density at radius 2 is 1.72 bits per heavy atom. The first-order valence-corrected chi connectivity index (χ1v) is 16.0. The molecule has 2 aromatic heterocycles. The van der Waals surface area contributed by atoms with Gasteiger partial charge in [-0.15, -0.1) is 0 Å². The molecular formula is C31H42N5O6P. The Labute approximate surface area is 252 Å². The number of fused-ring (bicyclic) bond motifs is 3. The maximum absolute atomic E-state index is 14.3. The average molecular weight is 612 g/mol. The molecule has 0 saturated heterocycles. The summed E-state index contributed by atoms with van der Waals surface area (Å²) in [6.45, 7) is 13.5. The monoisotopic (exact) mass is 611 g/mol. The number of nitrogen functional groups attached to an aromatic ring is 1. The lowest BCUT2D eigenvalue weighted by atomic mass is 10.0. The molecule has 232 valence electrons. The first-order valence-electron chi connectivity index (χ1n) is 14.4. The molecule has 0 amide bonds. The summed E-state index contributed by atoms with van der Waals surface area (Å²) in [7, 11) is -4.12. The third kappa shape index (κ3) is 7.92. The van der Waals surface area contributed by atoms with Crippen molar-refractivity contribution in [1.82, 2.24) is 19.6 Å². The molecule has 0 aliphatic carbocycles. The SMILES string of the molecule is CCOCc1nc2c(N)nc3ccccc3c2n1[C@@H](COP(=O)(N[C@@H](C)C(=O)OC(C)(C)C)Oc1ccccc1)C(C)C. The van der Waals surface area contributed by atoms with Crippen molar-refractivity contribution in [2.24, 2.45) is 5.92 Å². The number of hydrogen-bond donors (Lipinski definition) is 2. The Morgan fingerprint density at radius 1 is 1.05 bits per heavy atom. The fraction of sp³-hybridized carbons (Fsp3) is 0.452. The number of nitrogens with two attached hydrogens (primary N) is 1. The highest BCUT2D eigenvalue weighted by atomic mass is 31.2. The van der Waals surface area contributed by atoms with Crippen molar-refractivity contribution in [1.29, 1.82) is 0 Å². The molecule has 0 fully saturated rings. The van der Waals surface area contributed by atoms with Gasteiger partial charge in [-0.05, 0) is 58.7 Å². The number of esters is 1. The van der Waals surface area contributed by atoms with Crippen molar-refractivity contribution >= 4 is 41.5 Å².